The first kappa shape index (κ1) is 14.7. The summed E-state index contributed by atoms with van der Waals surface area (Å²) in [6.07, 6.45) is 0. The highest BCUT2D eigenvalue weighted by Gasteiger charge is 2.10. The fourth-order valence-electron chi connectivity index (χ4n) is 1.94. The number of nitrogens with zero attached hydrogens (tertiary/aromatic N) is 3. The summed E-state index contributed by atoms with van der Waals surface area (Å²) in [5.74, 6) is -1.02. The zero-order valence-electron chi connectivity index (χ0n) is 11.7. The number of para-hydroxylation sites is 1. The Morgan fingerprint density at radius 1 is 1.26 bits per heavy atom. The lowest BCUT2D eigenvalue weighted by Gasteiger charge is -2.01. The van der Waals surface area contributed by atoms with Crippen LogP contribution in [0, 0.1) is 11.3 Å². The summed E-state index contributed by atoms with van der Waals surface area (Å²) in [4.78, 5) is 15.3. The van der Waals surface area contributed by atoms with Gasteiger partial charge in [-0.25, -0.2) is 9.78 Å². The van der Waals surface area contributed by atoms with E-state index in [0.717, 1.165) is 10.2 Å². The van der Waals surface area contributed by atoms with Gasteiger partial charge in [0.15, 0.2) is 10.7 Å². The van der Waals surface area contributed by atoms with E-state index in [-0.39, 0.29) is 11.3 Å². The van der Waals surface area contributed by atoms with Gasteiger partial charge in [0.25, 0.3) is 0 Å². The molecule has 0 saturated carbocycles. The van der Waals surface area contributed by atoms with E-state index >= 15 is 0 Å². The lowest BCUT2D eigenvalue weighted by molar-refractivity contribution is 0.0697. The molecule has 0 spiro atoms. The molecule has 23 heavy (non-hydrogen) atoms. The van der Waals surface area contributed by atoms with Gasteiger partial charge in [-0.15, -0.1) is 11.3 Å². The number of rotatable bonds is 4. The summed E-state index contributed by atoms with van der Waals surface area (Å²) < 4.78 is 0.971. The van der Waals surface area contributed by atoms with Crippen LogP contribution in [0.1, 0.15) is 15.4 Å². The Labute approximate surface area is 135 Å². The fourth-order valence-corrected chi connectivity index (χ4v) is 2.84. The minimum Gasteiger partial charge on any atom is -0.478 e. The number of hydrogen-bond donors (Lipinski definition) is 2. The van der Waals surface area contributed by atoms with Gasteiger partial charge in [0, 0.05) is 0 Å². The Hall–Kier alpha value is -3.24. The van der Waals surface area contributed by atoms with Gasteiger partial charge < -0.3 is 5.11 Å². The van der Waals surface area contributed by atoms with Gasteiger partial charge in [-0.3, -0.25) is 5.43 Å². The van der Waals surface area contributed by atoms with Crippen molar-refractivity contribution < 1.29 is 9.90 Å². The van der Waals surface area contributed by atoms with Crippen molar-refractivity contribution in [1.29, 1.82) is 5.26 Å². The molecule has 0 amide bonds. The van der Waals surface area contributed by atoms with E-state index in [0.29, 0.717) is 10.7 Å². The highest BCUT2D eigenvalue weighted by atomic mass is 32.1. The number of carboxylic acids is 1. The van der Waals surface area contributed by atoms with Crippen molar-refractivity contribution in [3.63, 3.8) is 0 Å². The van der Waals surface area contributed by atoms with Crippen LogP contribution in [0.4, 0.5) is 5.69 Å². The number of thiazole rings is 1. The van der Waals surface area contributed by atoms with E-state index in [1.807, 2.05) is 30.3 Å². The smallest absolute Gasteiger partial charge is 0.335 e. The molecule has 2 aromatic carbocycles. The number of aromatic carboxylic acids is 1. The summed E-state index contributed by atoms with van der Waals surface area (Å²) in [5, 5.41) is 22.8. The van der Waals surface area contributed by atoms with Crippen LogP contribution in [0.5, 0.6) is 0 Å². The van der Waals surface area contributed by atoms with Crippen molar-refractivity contribution in [2.24, 2.45) is 5.10 Å². The quantitative estimate of drug-likeness (QED) is 0.567. The molecule has 0 atom stereocenters. The number of hydrazone groups is 1. The van der Waals surface area contributed by atoms with Gasteiger partial charge in [0.2, 0.25) is 0 Å². The molecule has 0 aliphatic carbocycles. The number of hydrogen-bond acceptors (Lipinski definition) is 6. The second-order valence-corrected chi connectivity index (χ2v) is 5.59. The maximum Gasteiger partial charge on any atom is 0.335 e. The van der Waals surface area contributed by atoms with Crippen LogP contribution < -0.4 is 5.43 Å². The first-order valence-electron chi connectivity index (χ1n) is 6.60. The molecule has 0 unspecified atom stereocenters. The van der Waals surface area contributed by atoms with E-state index in [4.69, 9.17) is 5.11 Å². The zero-order valence-corrected chi connectivity index (χ0v) is 12.5. The first-order chi connectivity index (χ1) is 11.2. The molecule has 0 fully saturated rings. The van der Waals surface area contributed by atoms with Crippen LogP contribution in [-0.4, -0.2) is 21.8 Å². The Morgan fingerprint density at radius 2 is 2.09 bits per heavy atom. The monoisotopic (exact) mass is 322 g/mol. The number of nitriles is 1. The molecule has 2 N–H and O–H groups in total. The summed E-state index contributed by atoms with van der Waals surface area (Å²) in [5.41, 5.74) is 4.28. The van der Waals surface area contributed by atoms with Crippen molar-refractivity contribution in [2.75, 3.05) is 5.43 Å². The molecule has 0 aliphatic heterocycles. The average molecular weight is 322 g/mol. The molecule has 3 aromatic rings. The first-order valence-corrected chi connectivity index (χ1v) is 7.42. The molecule has 0 radical (unpaired) electrons. The van der Waals surface area contributed by atoms with E-state index in [1.54, 1.807) is 12.1 Å². The van der Waals surface area contributed by atoms with Crippen LogP contribution in [-0.2, 0) is 0 Å². The topological polar surface area (TPSA) is 98.4 Å². The molecule has 6 nitrogen and oxygen atoms in total. The summed E-state index contributed by atoms with van der Waals surface area (Å²) in [6.45, 7) is 0. The minimum atomic E-state index is -1.02. The van der Waals surface area contributed by atoms with Gasteiger partial charge in [-0.05, 0) is 30.3 Å². The van der Waals surface area contributed by atoms with Crippen LogP contribution >= 0.6 is 11.3 Å². The number of aromatic nitrogens is 1. The molecule has 112 valence electrons. The van der Waals surface area contributed by atoms with E-state index in [9.17, 15) is 10.1 Å². The lowest BCUT2D eigenvalue weighted by Crippen LogP contribution is -2.02. The van der Waals surface area contributed by atoms with Crippen LogP contribution in [0.25, 0.3) is 10.2 Å². The molecular weight excluding hydrogens is 312 g/mol. The molecule has 7 heteroatoms. The average Bonchev–Trinajstić information content (AvgIpc) is 2.99. The lowest BCUT2D eigenvalue weighted by atomic mass is 10.2. The van der Waals surface area contributed by atoms with Crippen molar-refractivity contribution in [1.82, 2.24) is 4.98 Å². The number of nitrogens with one attached hydrogen (secondary N) is 1. The minimum absolute atomic E-state index is 0.142. The molecule has 1 aromatic heterocycles. The van der Waals surface area contributed by atoms with Gasteiger partial charge in [-0.2, -0.15) is 10.4 Å². The van der Waals surface area contributed by atoms with Crippen LogP contribution in [0.15, 0.2) is 53.6 Å². The second-order valence-electron chi connectivity index (χ2n) is 4.56. The molecular formula is C16H10N4O2S. The van der Waals surface area contributed by atoms with E-state index in [2.05, 4.69) is 15.5 Å². The fraction of sp³-hybridized carbons (Fsp3) is 0. The maximum atomic E-state index is 10.9. The third-order valence-corrected chi connectivity index (χ3v) is 4.05. The predicted molar refractivity (Wildman–Crippen MR) is 88.8 cm³/mol. The Balaban J connectivity index is 1.89. The van der Waals surface area contributed by atoms with Gasteiger partial charge in [0.05, 0.1) is 21.5 Å². The normalized spacial score (nSPS) is 11.2. The van der Waals surface area contributed by atoms with Crippen molar-refractivity contribution in [2.45, 2.75) is 0 Å². The number of carboxylic acid groups (broad SMARTS) is 1. The molecule has 1 heterocycles. The molecule has 3 rings (SSSR count). The number of fused-ring (bicyclic) bond motifs is 1. The SMILES string of the molecule is N#C/C(=N/Nc1cccc(C(=O)O)c1)c1nc2ccccc2s1. The van der Waals surface area contributed by atoms with Gasteiger partial charge in [-0.1, -0.05) is 18.2 Å². The van der Waals surface area contributed by atoms with Crippen LogP contribution in [0.3, 0.4) is 0 Å². The third-order valence-electron chi connectivity index (χ3n) is 3.01. The summed E-state index contributed by atoms with van der Waals surface area (Å²) in [7, 11) is 0. The Bertz CT molecular complexity index is 923. The highest BCUT2D eigenvalue weighted by Crippen LogP contribution is 2.22. The van der Waals surface area contributed by atoms with Crippen LogP contribution in [0.2, 0.25) is 0 Å². The Morgan fingerprint density at radius 3 is 2.83 bits per heavy atom. The Kier molecular flexibility index (Phi) is 3.99. The van der Waals surface area contributed by atoms with Crippen molar-refractivity contribution >= 4 is 38.9 Å². The van der Waals surface area contributed by atoms with Gasteiger partial charge in [0.1, 0.15) is 6.07 Å². The standard InChI is InChI=1S/C16H10N4O2S/c17-9-13(15-18-12-6-1-2-7-14(12)23-15)20-19-11-5-3-4-10(8-11)16(21)22/h1-8,19H,(H,21,22)/b20-13-. The number of carbonyl (C=O) groups is 1. The van der Waals surface area contributed by atoms with E-state index < -0.39 is 5.97 Å². The summed E-state index contributed by atoms with van der Waals surface area (Å²) in [6, 6.07) is 15.8. The second kappa shape index (κ2) is 6.25. The van der Waals surface area contributed by atoms with Gasteiger partial charge >= 0.3 is 5.97 Å². The van der Waals surface area contributed by atoms with E-state index in [1.165, 1.54) is 23.5 Å². The molecule has 0 aliphatic rings. The zero-order chi connectivity index (χ0) is 16.2. The van der Waals surface area contributed by atoms with Crippen molar-refractivity contribution in [3.8, 4) is 6.07 Å². The molecule has 0 bridgehead atoms. The number of anilines is 1. The maximum absolute atomic E-state index is 10.9. The highest BCUT2D eigenvalue weighted by molar-refractivity contribution is 7.20. The summed E-state index contributed by atoms with van der Waals surface area (Å²) >= 11 is 1.37. The predicted octanol–water partition coefficient (Wildman–Crippen LogP) is 3.33. The van der Waals surface area contributed by atoms with Crippen molar-refractivity contribution in [3.05, 3.63) is 59.1 Å². The molecule has 0 saturated heterocycles. The third kappa shape index (κ3) is 3.17. The largest absolute Gasteiger partial charge is 0.478 e. The number of benzene rings is 2.